The number of carbonyl (C=O) groups excluding carboxylic acids is 1. The van der Waals surface area contributed by atoms with Gasteiger partial charge in [0.05, 0.1) is 12.5 Å². The maximum absolute atomic E-state index is 11.6. The molecule has 0 aromatic heterocycles. The number of hydrogen-bond donors (Lipinski definition) is 1. The van der Waals surface area contributed by atoms with Crippen molar-refractivity contribution in [3.8, 4) is 0 Å². The lowest BCUT2D eigenvalue weighted by Crippen LogP contribution is -2.30. The van der Waals surface area contributed by atoms with Crippen molar-refractivity contribution in [1.29, 1.82) is 0 Å². The van der Waals surface area contributed by atoms with E-state index in [-0.39, 0.29) is 11.4 Å². The lowest BCUT2D eigenvalue weighted by atomic mass is 10.1. The molecule has 0 amide bonds. The van der Waals surface area contributed by atoms with Crippen LogP contribution in [0.2, 0.25) is 0 Å². The molecule has 0 heterocycles. The topological polar surface area (TPSA) is 38.3 Å². The van der Waals surface area contributed by atoms with Gasteiger partial charge < -0.3 is 10.1 Å². The highest BCUT2D eigenvalue weighted by Crippen LogP contribution is 2.46. The first kappa shape index (κ1) is 13.6. The fraction of sp³-hybridized carbons (Fsp3) is 0.500. The van der Waals surface area contributed by atoms with Crippen molar-refractivity contribution in [3.63, 3.8) is 0 Å². The third-order valence-corrected chi connectivity index (χ3v) is 4.06. The number of aryl methyl sites for hydroxylation is 1. The molecule has 0 aliphatic heterocycles. The number of rotatable bonds is 5. The van der Waals surface area contributed by atoms with Crippen molar-refractivity contribution in [3.05, 3.63) is 33.8 Å². The van der Waals surface area contributed by atoms with Crippen molar-refractivity contribution in [2.24, 2.45) is 5.41 Å². The molecule has 1 N–H and O–H groups in total. The van der Waals surface area contributed by atoms with Crippen LogP contribution in [0.3, 0.4) is 0 Å². The Bertz CT molecular complexity index is 455. The minimum Gasteiger partial charge on any atom is -0.469 e. The van der Waals surface area contributed by atoms with Crippen LogP contribution in [0, 0.1) is 12.3 Å². The molecule has 1 saturated carbocycles. The molecule has 0 radical (unpaired) electrons. The summed E-state index contributed by atoms with van der Waals surface area (Å²) in [6, 6.07) is 6.24. The molecular weight excluding hydrogens is 294 g/mol. The van der Waals surface area contributed by atoms with Gasteiger partial charge in [0.2, 0.25) is 0 Å². The minimum absolute atomic E-state index is 0.0824. The molecule has 0 spiro atoms. The minimum atomic E-state index is -0.255. The lowest BCUT2D eigenvalue weighted by molar-refractivity contribution is -0.146. The predicted molar refractivity (Wildman–Crippen MR) is 74.3 cm³/mol. The number of methoxy groups -OCH3 is 1. The number of hydrogen-bond acceptors (Lipinski definition) is 3. The van der Waals surface area contributed by atoms with E-state index in [0.717, 1.165) is 23.9 Å². The van der Waals surface area contributed by atoms with Crippen LogP contribution in [0.1, 0.15) is 24.0 Å². The van der Waals surface area contributed by atoms with Gasteiger partial charge in [0.15, 0.2) is 0 Å². The molecule has 18 heavy (non-hydrogen) atoms. The number of carbonyl (C=O) groups is 1. The van der Waals surface area contributed by atoms with E-state index in [2.05, 4.69) is 40.3 Å². The van der Waals surface area contributed by atoms with Gasteiger partial charge in [0.25, 0.3) is 0 Å². The van der Waals surface area contributed by atoms with Gasteiger partial charge in [-0.2, -0.15) is 0 Å². The second kappa shape index (κ2) is 5.41. The summed E-state index contributed by atoms with van der Waals surface area (Å²) in [4.78, 5) is 11.6. The average molecular weight is 312 g/mol. The van der Waals surface area contributed by atoms with E-state index in [4.69, 9.17) is 4.74 Å². The molecule has 0 atom stereocenters. The number of benzene rings is 1. The van der Waals surface area contributed by atoms with Crippen LogP contribution < -0.4 is 5.32 Å². The Balaban J connectivity index is 1.89. The van der Waals surface area contributed by atoms with Crippen LogP contribution in [0.15, 0.2) is 22.7 Å². The van der Waals surface area contributed by atoms with Gasteiger partial charge in [0, 0.05) is 17.6 Å². The van der Waals surface area contributed by atoms with Crippen LogP contribution in [-0.4, -0.2) is 19.6 Å². The number of halogens is 1. The highest BCUT2D eigenvalue weighted by Gasteiger charge is 2.50. The zero-order valence-electron chi connectivity index (χ0n) is 10.8. The first-order valence-corrected chi connectivity index (χ1v) is 6.91. The van der Waals surface area contributed by atoms with Gasteiger partial charge in [-0.15, -0.1) is 0 Å². The van der Waals surface area contributed by atoms with Gasteiger partial charge in [-0.25, -0.2) is 0 Å². The van der Waals surface area contributed by atoms with Crippen LogP contribution in [0.25, 0.3) is 0 Å². The summed E-state index contributed by atoms with van der Waals surface area (Å²) < 4.78 is 5.92. The Morgan fingerprint density at radius 2 is 2.22 bits per heavy atom. The molecule has 1 aromatic rings. The smallest absolute Gasteiger partial charge is 0.313 e. The van der Waals surface area contributed by atoms with Crippen molar-refractivity contribution in [2.75, 3.05) is 13.7 Å². The third-order valence-electron chi connectivity index (χ3n) is 3.56. The van der Waals surface area contributed by atoms with E-state index in [1.54, 1.807) is 0 Å². The SMILES string of the molecule is COC(=O)C1(CNCc2cc(Br)ccc2C)CC1. The first-order valence-electron chi connectivity index (χ1n) is 6.11. The first-order chi connectivity index (χ1) is 8.57. The lowest BCUT2D eigenvalue weighted by Gasteiger charge is -2.14. The van der Waals surface area contributed by atoms with Crippen molar-refractivity contribution >= 4 is 21.9 Å². The fourth-order valence-corrected chi connectivity index (χ4v) is 2.50. The molecule has 3 nitrogen and oxygen atoms in total. The molecule has 0 bridgehead atoms. The maximum atomic E-state index is 11.6. The fourth-order valence-electron chi connectivity index (χ4n) is 2.09. The molecule has 1 aromatic carbocycles. The number of ether oxygens (including phenoxy) is 1. The Labute approximate surface area is 116 Å². The van der Waals surface area contributed by atoms with Crippen LogP contribution in [0.5, 0.6) is 0 Å². The van der Waals surface area contributed by atoms with Crippen molar-refractivity contribution in [2.45, 2.75) is 26.3 Å². The second-order valence-corrected chi connectivity index (χ2v) is 5.86. The zero-order valence-corrected chi connectivity index (χ0v) is 12.3. The van der Waals surface area contributed by atoms with Gasteiger partial charge in [-0.3, -0.25) is 4.79 Å². The van der Waals surface area contributed by atoms with Gasteiger partial charge >= 0.3 is 5.97 Å². The van der Waals surface area contributed by atoms with Crippen LogP contribution in [0.4, 0.5) is 0 Å². The highest BCUT2D eigenvalue weighted by atomic mass is 79.9. The van der Waals surface area contributed by atoms with E-state index in [9.17, 15) is 4.79 Å². The van der Waals surface area contributed by atoms with Crippen LogP contribution >= 0.6 is 15.9 Å². The number of esters is 1. The Kier molecular flexibility index (Phi) is 4.07. The Morgan fingerprint density at radius 3 is 2.83 bits per heavy atom. The molecule has 4 heteroatoms. The Hall–Kier alpha value is -0.870. The molecule has 1 aliphatic rings. The maximum Gasteiger partial charge on any atom is 0.313 e. The number of nitrogens with one attached hydrogen (secondary N) is 1. The highest BCUT2D eigenvalue weighted by molar-refractivity contribution is 9.10. The quantitative estimate of drug-likeness (QED) is 0.850. The molecule has 2 rings (SSSR count). The van der Waals surface area contributed by atoms with E-state index in [1.165, 1.54) is 18.2 Å². The van der Waals surface area contributed by atoms with Crippen LogP contribution in [-0.2, 0) is 16.1 Å². The summed E-state index contributed by atoms with van der Waals surface area (Å²) >= 11 is 3.47. The average Bonchev–Trinajstić information content (AvgIpc) is 3.14. The standard InChI is InChI=1S/C14H18BrNO2/c1-10-3-4-12(15)7-11(10)8-16-9-14(5-6-14)13(17)18-2/h3-4,7,16H,5-6,8-9H2,1-2H3. The summed E-state index contributed by atoms with van der Waals surface area (Å²) in [5, 5.41) is 3.37. The van der Waals surface area contributed by atoms with Crippen molar-refractivity contribution < 1.29 is 9.53 Å². The summed E-state index contributed by atoms with van der Waals surface area (Å²) in [7, 11) is 1.46. The Morgan fingerprint density at radius 1 is 1.50 bits per heavy atom. The van der Waals surface area contributed by atoms with Gasteiger partial charge in [-0.1, -0.05) is 22.0 Å². The molecule has 1 fully saturated rings. The van der Waals surface area contributed by atoms with E-state index >= 15 is 0 Å². The van der Waals surface area contributed by atoms with Gasteiger partial charge in [0.1, 0.15) is 0 Å². The largest absolute Gasteiger partial charge is 0.469 e. The zero-order chi connectivity index (χ0) is 13.2. The van der Waals surface area contributed by atoms with Crippen molar-refractivity contribution in [1.82, 2.24) is 5.32 Å². The normalized spacial score (nSPS) is 16.4. The summed E-state index contributed by atoms with van der Waals surface area (Å²) in [5.41, 5.74) is 2.26. The molecule has 1 aliphatic carbocycles. The van der Waals surface area contributed by atoms with Gasteiger partial charge in [-0.05, 0) is 43.0 Å². The molecular formula is C14H18BrNO2. The third kappa shape index (κ3) is 2.93. The van der Waals surface area contributed by atoms with E-state index < -0.39 is 0 Å². The monoisotopic (exact) mass is 311 g/mol. The predicted octanol–water partition coefficient (Wildman–Crippen LogP) is 2.80. The molecule has 0 saturated heterocycles. The molecule has 98 valence electrons. The van der Waals surface area contributed by atoms with E-state index in [0.29, 0.717) is 6.54 Å². The molecule has 0 unspecified atom stereocenters. The summed E-state index contributed by atoms with van der Waals surface area (Å²) in [5.74, 6) is -0.0824. The summed E-state index contributed by atoms with van der Waals surface area (Å²) in [6.45, 7) is 3.58. The van der Waals surface area contributed by atoms with E-state index in [1.807, 2.05) is 6.07 Å². The summed E-state index contributed by atoms with van der Waals surface area (Å²) in [6.07, 6.45) is 1.87. The second-order valence-electron chi connectivity index (χ2n) is 4.95.